The van der Waals surface area contributed by atoms with Crippen molar-refractivity contribution in [2.24, 2.45) is 5.41 Å². The molecule has 0 aliphatic carbocycles. The predicted molar refractivity (Wildman–Crippen MR) is 100 cm³/mol. The third-order valence-electron chi connectivity index (χ3n) is 4.26. The Kier molecular flexibility index (Phi) is 7.36. The van der Waals surface area contributed by atoms with E-state index in [1.54, 1.807) is 38.1 Å². The molecule has 2 rings (SSSR count). The highest BCUT2D eigenvalue weighted by Crippen LogP contribution is 2.33. The van der Waals surface area contributed by atoms with Gasteiger partial charge >= 0.3 is 5.97 Å². The molecule has 0 amide bonds. The molecule has 27 heavy (non-hydrogen) atoms. The molecular weight excluding hydrogens is 370 g/mol. The van der Waals surface area contributed by atoms with Crippen LogP contribution in [0.1, 0.15) is 46.3 Å². The summed E-state index contributed by atoms with van der Waals surface area (Å²) in [5.74, 6) is -0.571. The van der Waals surface area contributed by atoms with Crippen molar-refractivity contribution in [3.05, 3.63) is 41.9 Å². The second-order valence-electron chi connectivity index (χ2n) is 6.32. The summed E-state index contributed by atoms with van der Waals surface area (Å²) in [7, 11) is 0. The fraction of sp³-hybridized carbons (Fsp3) is 0.474. The number of benzene rings is 1. The summed E-state index contributed by atoms with van der Waals surface area (Å²) < 4.78 is 12.3. The Morgan fingerprint density at radius 1 is 1.26 bits per heavy atom. The lowest BCUT2D eigenvalue weighted by molar-refractivity contribution is -0.164. The molecule has 2 aromatic rings. The predicted octanol–water partition coefficient (Wildman–Crippen LogP) is 3.84. The van der Waals surface area contributed by atoms with Crippen molar-refractivity contribution in [3.8, 4) is 5.75 Å². The van der Waals surface area contributed by atoms with Crippen molar-refractivity contribution in [2.45, 2.75) is 46.3 Å². The molecule has 1 aromatic heterocycles. The zero-order valence-corrected chi connectivity index (χ0v) is 16.5. The number of ether oxygens (including phenoxy) is 2. The van der Waals surface area contributed by atoms with Gasteiger partial charge in [0.05, 0.1) is 6.61 Å². The van der Waals surface area contributed by atoms with Crippen LogP contribution in [-0.2, 0) is 14.3 Å². The zero-order chi connectivity index (χ0) is 19.9. The summed E-state index contributed by atoms with van der Waals surface area (Å²) in [6.07, 6.45) is 3.43. The van der Waals surface area contributed by atoms with Gasteiger partial charge in [-0.05, 0) is 44.5 Å². The molecule has 2 unspecified atom stereocenters. The lowest BCUT2D eigenvalue weighted by atomic mass is 9.79. The largest absolute Gasteiger partial charge is 0.465 e. The number of nitrogens with zero attached hydrogens (tertiary/aromatic N) is 3. The smallest absolute Gasteiger partial charge is 0.319 e. The summed E-state index contributed by atoms with van der Waals surface area (Å²) >= 11 is 5.91. The fourth-order valence-corrected chi connectivity index (χ4v) is 2.75. The number of rotatable bonds is 10. The first-order valence-electron chi connectivity index (χ1n) is 8.90. The maximum absolute atomic E-state index is 13.4. The van der Waals surface area contributed by atoms with Crippen LogP contribution in [0.3, 0.4) is 0 Å². The van der Waals surface area contributed by atoms with Crippen LogP contribution in [0.25, 0.3) is 0 Å². The third-order valence-corrected chi connectivity index (χ3v) is 4.51. The molecule has 0 fully saturated rings. The molecule has 0 bridgehead atoms. The van der Waals surface area contributed by atoms with Gasteiger partial charge < -0.3 is 9.47 Å². The number of halogens is 1. The Morgan fingerprint density at radius 2 is 1.96 bits per heavy atom. The molecule has 0 saturated heterocycles. The van der Waals surface area contributed by atoms with Crippen molar-refractivity contribution in [2.75, 3.05) is 6.61 Å². The number of esters is 1. The number of Topliss-reactive ketones (excluding diaryl/α,β-unsaturated/α-hetero) is 1. The van der Waals surface area contributed by atoms with Gasteiger partial charge in [-0.1, -0.05) is 31.4 Å². The van der Waals surface area contributed by atoms with Crippen LogP contribution in [0.4, 0.5) is 0 Å². The Hall–Kier alpha value is -2.41. The van der Waals surface area contributed by atoms with Crippen molar-refractivity contribution >= 4 is 23.4 Å². The van der Waals surface area contributed by atoms with Crippen molar-refractivity contribution < 1.29 is 19.1 Å². The van der Waals surface area contributed by atoms with Crippen LogP contribution in [0.15, 0.2) is 36.9 Å². The van der Waals surface area contributed by atoms with Gasteiger partial charge in [0.2, 0.25) is 5.78 Å². The van der Waals surface area contributed by atoms with Crippen LogP contribution in [0.5, 0.6) is 5.75 Å². The Labute approximate surface area is 163 Å². The topological polar surface area (TPSA) is 83.3 Å². The molecule has 8 heteroatoms. The maximum atomic E-state index is 13.4. The number of hydrogen-bond acceptors (Lipinski definition) is 6. The zero-order valence-electron chi connectivity index (χ0n) is 15.7. The van der Waals surface area contributed by atoms with Crippen LogP contribution in [0.2, 0.25) is 5.02 Å². The van der Waals surface area contributed by atoms with E-state index in [1.807, 2.05) is 6.92 Å². The van der Waals surface area contributed by atoms with Gasteiger partial charge in [-0.2, -0.15) is 5.10 Å². The summed E-state index contributed by atoms with van der Waals surface area (Å²) in [5.41, 5.74) is -1.35. The normalized spacial score (nSPS) is 14.2. The molecule has 2 atom stereocenters. The molecular formula is C19H24ClN3O4. The van der Waals surface area contributed by atoms with E-state index in [0.29, 0.717) is 23.6 Å². The van der Waals surface area contributed by atoms with Gasteiger partial charge in [0.1, 0.15) is 23.8 Å². The number of unbranched alkanes of at least 4 members (excludes halogenated alkanes) is 1. The molecule has 0 N–H and O–H groups in total. The van der Waals surface area contributed by atoms with Gasteiger partial charge in [-0.15, -0.1) is 0 Å². The fourth-order valence-electron chi connectivity index (χ4n) is 2.63. The number of carbonyl (C=O) groups is 2. The SMILES string of the molecule is CCCCC(C)(C(=O)OCC)C(=O)C(Oc1ccc(Cl)cc1)n1cncn1. The van der Waals surface area contributed by atoms with E-state index in [9.17, 15) is 9.59 Å². The first-order chi connectivity index (χ1) is 12.9. The van der Waals surface area contributed by atoms with Crippen molar-refractivity contribution in [1.82, 2.24) is 14.8 Å². The highest BCUT2D eigenvalue weighted by atomic mass is 35.5. The van der Waals surface area contributed by atoms with Gasteiger partial charge in [0, 0.05) is 5.02 Å². The van der Waals surface area contributed by atoms with E-state index < -0.39 is 23.4 Å². The van der Waals surface area contributed by atoms with Gasteiger partial charge in [0.25, 0.3) is 6.23 Å². The molecule has 0 aliphatic heterocycles. The molecule has 0 saturated carbocycles. The Morgan fingerprint density at radius 3 is 2.52 bits per heavy atom. The molecule has 0 radical (unpaired) electrons. The van der Waals surface area contributed by atoms with Crippen molar-refractivity contribution in [3.63, 3.8) is 0 Å². The van der Waals surface area contributed by atoms with E-state index >= 15 is 0 Å². The number of carbonyl (C=O) groups excluding carboxylic acids is 2. The highest BCUT2D eigenvalue weighted by molar-refractivity contribution is 6.30. The molecule has 7 nitrogen and oxygen atoms in total. The first-order valence-corrected chi connectivity index (χ1v) is 9.28. The number of aromatic nitrogens is 3. The minimum Gasteiger partial charge on any atom is -0.465 e. The van der Waals surface area contributed by atoms with Gasteiger partial charge in [-0.3, -0.25) is 9.59 Å². The Balaban J connectivity index is 2.37. The lowest BCUT2D eigenvalue weighted by Gasteiger charge is -2.29. The third kappa shape index (κ3) is 5.07. The Bertz CT molecular complexity index is 749. The van der Waals surface area contributed by atoms with Crippen LogP contribution in [0, 0.1) is 5.41 Å². The van der Waals surface area contributed by atoms with Gasteiger partial charge in [-0.25, -0.2) is 9.67 Å². The number of hydrogen-bond donors (Lipinski definition) is 0. The maximum Gasteiger partial charge on any atom is 0.319 e. The quantitative estimate of drug-likeness (QED) is 0.450. The summed E-state index contributed by atoms with van der Waals surface area (Å²) in [6.45, 7) is 5.49. The molecule has 146 valence electrons. The minimum absolute atomic E-state index is 0.194. The van der Waals surface area contributed by atoms with E-state index in [0.717, 1.165) is 6.42 Å². The van der Waals surface area contributed by atoms with Crippen LogP contribution >= 0.6 is 11.6 Å². The van der Waals surface area contributed by atoms with Crippen molar-refractivity contribution in [1.29, 1.82) is 0 Å². The monoisotopic (exact) mass is 393 g/mol. The lowest BCUT2D eigenvalue weighted by Crippen LogP contribution is -2.44. The summed E-state index contributed by atoms with van der Waals surface area (Å²) in [5, 5.41) is 4.58. The minimum atomic E-state index is -1.35. The van der Waals surface area contributed by atoms with E-state index in [4.69, 9.17) is 21.1 Å². The molecule has 1 heterocycles. The van der Waals surface area contributed by atoms with Crippen LogP contribution in [-0.4, -0.2) is 33.1 Å². The van der Waals surface area contributed by atoms with E-state index in [2.05, 4.69) is 10.1 Å². The van der Waals surface area contributed by atoms with E-state index in [1.165, 1.54) is 17.3 Å². The van der Waals surface area contributed by atoms with Gasteiger partial charge in [0.15, 0.2) is 0 Å². The first kappa shape index (κ1) is 20.9. The summed E-state index contributed by atoms with van der Waals surface area (Å²) in [6, 6.07) is 6.60. The molecule has 0 aliphatic rings. The average Bonchev–Trinajstić information content (AvgIpc) is 3.19. The average molecular weight is 394 g/mol. The number of ketones is 1. The molecule has 1 aromatic carbocycles. The second kappa shape index (κ2) is 9.50. The second-order valence-corrected chi connectivity index (χ2v) is 6.76. The standard InChI is InChI=1S/C19H24ClN3O4/c1-4-6-11-19(3,18(25)26-5-2)16(24)17(23-13-21-12-22-23)27-15-9-7-14(20)8-10-15/h7-10,12-13,17H,4-6,11H2,1-3H3. The summed E-state index contributed by atoms with van der Waals surface area (Å²) in [4.78, 5) is 29.9. The molecule has 0 spiro atoms. The van der Waals surface area contributed by atoms with E-state index in [-0.39, 0.29) is 6.61 Å². The highest BCUT2D eigenvalue weighted by Gasteiger charge is 2.47. The van der Waals surface area contributed by atoms with Crippen LogP contribution < -0.4 is 4.74 Å².